The van der Waals surface area contributed by atoms with E-state index < -0.39 is 5.97 Å². The van der Waals surface area contributed by atoms with Crippen LogP contribution in [0.1, 0.15) is 23.0 Å². The van der Waals surface area contributed by atoms with Gasteiger partial charge in [-0.2, -0.15) is 0 Å². The molecule has 0 aliphatic carbocycles. The maximum absolute atomic E-state index is 11.8. The van der Waals surface area contributed by atoms with Gasteiger partial charge in [0.25, 0.3) is 0 Å². The van der Waals surface area contributed by atoms with Crippen LogP contribution in [0.25, 0.3) is 11.3 Å². The molecule has 2 aromatic rings. The standard InChI is InChI=1S/C15H16N2O3.ClH/c1-2-19-15(18)12-8-9-13(17-14(12)10-20-16)11-6-4-3-5-7-11;/h3-9H,2,10,16H2,1H3;1H. The van der Waals surface area contributed by atoms with Crippen LogP contribution < -0.4 is 5.90 Å². The minimum Gasteiger partial charge on any atom is -0.462 e. The summed E-state index contributed by atoms with van der Waals surface area (Å²) in [5.74, 6) is 4.68. The van der Waals surface area contributed by atoms with Crippen LogP contribution in [0.4, 0.5) is 0 Å². The second kappa shape index (κ2) is 8.36. The lowest BCUT2D eigenvalue weighted by Crippen LogP contribution is -2.12. The maximum Gasteiger partial charge on any atom is 0.340 e. The molecule has 1 heterocycles. The zero-order valence-corrected chi connectivity index (χ0v) is 12.4. The highest BCUT2D eigenvalue weighted by Crippen LogP contribution is 2.19. The van der Waals surface area contributed by atoms with Crippen LogP contribution in [0, 0.1) is 0 Å². The van der Waals surface area contributed by atoms with Gasteiger partial charge in [0.1, 0.15) is 6.61 Å². The van der Waals surface area contributed by atoms with E-state index in [2.05, 4.69) is 9.82 Å². The van der Waals surface area contributed by atoms with Gasteiger partial charge < -0.3 is 4.74 Å². The maximum atomic E-state index is 11.8. The first-order valence-electron chi connectivity index (χ1n) is 6.30. The number of benzene rings is 1. The number of pyridine rings is 1. The van der Waals surface area contributed by atoms with E-state index in [1.54, 1.807) is 19.1 Å². The first kappa shape index (κ1) is 17.1. The van der Waals surface area contributed by atoms with Crippen molar-refractivity contribution in [1.82, 2.24) is 4.98 Å². The van der Waals surface area contributed by atoms with Crippen molar-refractivity contribution < 1.29 is 14.4 Å². The molecule has 1 aromatic carbocycles. The van der Waals surface area contributed by atoms with Crippen molar-refractivity contribution in [3.8, 4) is 11.3 Å². The smallest absolute Gasteiger partial charge is 0.340 e. The molecule has 5 nitrogen and oxygen atoms in total. The second-order valence-corrected chi connectivity index (χ2v) is 4.09. The average molecular weight is 309 g/mol. The molecule has 0 spiro atoms. The van der Waals surface area contributed by atoms with Gasteiger partial charge in [-0.25, -0.2) is 15.7 Å². The van der Waals surface area contributed by atoms with Crippen LogP contribution in [-0.4, -0.2) is 17.6 Å². The minimum atomic E-state index is -0.424. The Bertz CT molecular complexity index is 591. The van der Waals surface area contributed by atoms with E-state index in [1.807, 2.05) is 30.3 Å². The van der Waals surface area contributed by atoms with E-state index in [4.69, 9.17) is 10.6 Å². The van der Waals surface area contributed by atoms with Gasteiger partial charge in [-0.1, -0.05) is 30.3 Å². The fraction of sp³-hybridized carbons (Fsp3) is 0.200. The normalized spacial score (nSPS) is 9.81. The molecular weight excluding hydrogens is 292 g/mol. The highest BCUT2D eigenvalue weighted by Gasteiger charge is 2.15. The predicted octanol–water partition coefficient (Wildman–Crippen LogP) is 2.74. The van der Waals surface area contributed by atoms with Crippen LogP contribution in [0.5, 0.6) is 0 Å². The summed E-state index contributed by atoms with van der Waals surface area (Å²) in [7, 11) is 0. The van der Waals surface area contributed by atoms with Crippen molar-refractivity contribution in [3.63, 3.8) is 0 Å². The van der Waals surface area contributed by atoms with E-state index in [0.29, 0.717) is 17.9 Å². The second-order valence-electron chi connectivity index (χ2n) is 4.09. The molecule has 21 heavy (non-hydrogen) atoms. The number of carbonyl (C=O) groups excluding carboxylic acids is 1. The zero-order valence-electron chi connectivity index (χ0n) is 11.6. The molecule has 6 heteroatoms. The summed E-state index contributed by atoms with van der Waals surface area (Å²) in [5.41, 5.74) is 2.55. The lowest BCUT2D eigenvalue weighted by atomic mass is 10.1. The van der Waals surface area contributed by atoms with Gasteiger partial charge in [0, 0.05) is 5.56 Å². The number of aromatic nitrogens is 1. The number of carbonyl (C=O) groups is 1. The molecule has 0 aliphatic heterocycles. The number of nitrogens with zero attached hydrogens (tertiary/aromatic N) is 1. The number of nitrogens with two attached hydrogens (primary N) is 1. The van der Waals surface area contributed by atoms with Crippen molar-refractivity contribution in [2.75, 3.05) is 6.61 Å². The SMILES string of the molecule is CCOC(=O)c1ccc(-c2ccccc2)nc1CON.Cl. The number of hydrogen-bond acceptors (Lipinski definition) is 5. The number of halogens is 1. The molecular formula is C15H17ClN2O3. The molecule has 0 amide bonds. The topological polar surface area (TPSA) is 74.4 Å². The molecule has 0 bridgehead atoms. The van der Waals surface area contributed by atoms with E-state index in [1.165, 1.54) is 0 Å². The average Bonchev–Trinajstić information content (AvgIpc) is 2.48. The first-order valence-corrected chi connectivity index (χ1v) is 6.30. The van der Waals surface area contributed by atoms with E-state index >= 15 is 0 Å². The van der Waals surface area contributed by atoms with Crippen molar-refractivity contribution in [1.29, 1.82) is 0 Å². The lowest BCUT2D eigenvalue weighted by molar-refractivity contribution is 0.0517. The van der Waals surface area contributed by atoms with E-state index in [0.717, 1.165) is 11.3 Å². The molecule has 0 fully saturated rings. The third-order valence-corrected chi connectivity index (χ3v) is 2.76. The van der Waals surface area contributed by atoms with Gasteiger partial charge in [-0.15, -0.1) is 12.4 Å². The van der Waals surface area contributed by atoms with Crippen LogP contribution in [0.2, 0.25) is 0 Å². The molecule has 112 valence electrons. The third kappa shape index (κ3) is 4.26. The predicted molar refractivity (Wildman–Crippen MR) is 81.9 cm³/mol. The van der Waals surface area contributed by atoms with Gasteiger partial charge in [0.05, 0.1) is 23.6 Å². The van der Waals surface area contributed by atoms with Gasteiger partial charge in [0.15, 0.2) is 0 Å². The number of ether oxygens (including phenoxy) is 1. The molecule has 0 atom stereocenters. The van der Waals surface area contributed by atoms with Crippen molar-refractivity contribution in [3.05, 3.63) is 53.7 Å². The van der Waals surface area contributed by atoms with Crippen molar-refractivity contribution in [2.24, 2.45) is 5.90 Å². The third-order valence-electron chi connectivity index (χ3n) is 2.76. The Labute approximate surface area is 129 Å². The number of hydrogen-bond donors (Lipinski definition) is 1. The van der Waals surface area contributed by atoms with E-state index in [-0.39, 0.29) is 19.0 Å². The Hall–Kier alpha value is -1.95. The fourth-order valence-corrected chi connectivity index (χ4v) is 1.85. The molecule has 2 N–H and O–H groups in total. The summed E-state index contributed by atoms with van der Waals surface area (Å²) in [6, 6.07) is 13.1. The van der Waals surface area contributed by atoms with Crippen molar-refractivity contribution in [2.45, 2.75) is 13.5 Å². The van der Waals surface area contributed by atoms with Gasteiger partial charge in [0.2, 0.25) is 0 Å². The van der Waals surface area contributed by atoms with E-state index in [9.17, 15) is 4.79 Å². The summed E-state index contributed by atoms with van der Waals surface area (Å²) in [4.78, 5) is 20.9. The quantitative estimate of drug-likeness (QED) is 0.679. The first-order chi connectivity index (χ1) is 9.76. The van der Waals surface area contributed by atoms with Gasteiger partial charge >= 0.3 is 5.97 Å². The van der Waals surface area contributed by atoms with Crippen LogP contribution in [-0.2, 0) is 16.2 Å². The molecule has 0 aliphatic rings. The Balaban J connectivity index is 0.00000220. The van der Waals surface area contributed by atoms with Crippen LogP contribution in [0.15, 0.2) is 42.5 Å². The van der Waals surface area contributed by atoms with Crippen LogP contribution in [0.3, 0.4) is 0 Å². The number of rotatable bonds is 5. The summed E-state index contributed by atoms with van der Waals surface area (Å²) >= 11 is 0. The zero-order chi connectivity index (χ0) is 14.4. The Morgan fingerprint density at radius 1 is 1.19 bits per heavy atom. The minimum absolute atomic E-state index is 0. The summed E-state index contributed by atoms with van der Waals surface area (Å²) < 4.78 is 4.99. The number of esters is 1. The molecule has 0 saturated carbocycles. The van der Waals surface area contributed by atoms with Gasteiger partial charge in [-0.3, -0.25) is 4.84 Å². The molecule has 0 radical (unpaired) electrons. The summed E-state index contributed by atoms with van der Waals surface area (Å²) in [5, 5.41) is 0. The Morgan fingerprint density at radius 2 is 1.90 bits per heavy atom. The summed E-state index contributed by atoms with van der Waals surface area (Å²) in [6.45, 7) is 2.11. The van der Waals surface area contributed by atoms with Crippen molar-refractivity contribution >= 4 is 18.4 Å². The fourth-order valence-electron chi connectivity index (χ4n) is 1.85. The highest BCUT2D eigenvalue weighted by molar-refractivity contribution is 5.91. The largest absolute Gasteiger partial charge is 0.462 e. The molecule has 2 rings (SSSR count). The van der Waals surface area contributed by atoms with Gasteiger partial charge in [-0.05, 0) is 19.1 Å². The molecule has 0 saturated heterocycles. The highest BCUT2D eigenvalue weighted by atomic mass is 35.5. The summed E-state index contributed by atoms with van der Waals surface area (Å²) in [6.07, 6.45) is 0. The Kier molecular flexibility index (Phi) is 6.81. The van der Waals surface area contributed by atoms with Crippen LogP contribution >= 0.6 is 12.4 Å². The Morgan fingerprint density at radius 3 is 2.52 bits per heavy atom. The monoisotopic (exact) mass is 308 g/mol. The lowest BCUT2D eigenvalue weighted by Gasteiger charge is -2.09. The molecule has 1 aromatic heterocycles. The molecule has 0 unspecified atom stereocenters.